The van der Waals surface area contributed by atoms with Gasteiger partial charge in [0.2, 0.25) is 0 Å². The summed E-state index contributed by atoms with van der Waals surface area (Å²) in [5, 5.41) is 0. The van der Waals surface area contributed by atoms with Gasteiger partial charge in [0.25, 0.3) is 5.91 Å². The Morgan fingerprint density at radius 1 is 1.56 bits per heavy atom. The van der Waals surface area contributed by atoms with Crippen molar-refractivity contribution in [1.29, 1.82) is 0 Å². The minimum Gasteiger partial charge on any atom is -0.396 e. The molecular weight excluding hydrogens is 235 g/mol. The van der Waals surface area contributed by atoms with E-state index in [1.807, 2.05) is 0 Å². The predicted octanol–water partition coefficient (Wildman–Crippen LogP) is 1.66. The summed E-state index contributed by atoms with van der Waals surface area (Å²) in [5.74, 6) is -0.622. The second-order valence-corrected chi connectivity index (χ2v) is 4.49. The molecule has 4 nitrogen and oxygen atoms in total. The van der Waals surface area contributed by atoms with Crippen molar-refractivity contribution in [3.05, 3.63) is 29.6 Å². The lowest BCUT2D eigenvalue weighted by Gasteiger charge is -2.32. The van der Waals surface area contributed by atoms with E-state index in [0.29, 0.717) is 18.7 Å². The summed E-state index contributed by atoms with van der Waals surface area (Å²) >= 11 is 0. The smallest absolute Gasteiger partial charge is 0.254 e. The van der Waals surface area contributed by atoms with Crippen LogP contribution in [0.15, 0.2) is 18.2 Å². The SMILES string of the molecule is COC1CCCN(C(=O)c2ccc(F)c(N)c2)C1. The topological polar surface area (TPSA) is 55.6 Å². The molecule has 0 bridgehead atoms. The van der Waals surface area contributed by atoms with Gasteiger partial charge in [-0.05, 0) is 31.0 Å². The van der Waals surface area contributed by atoms with E-state index >= 15 is 0 Å². The lowest BCUT2D eigenvalue weighted by molar-refractivity contribution is 0.0269. The number of piperidine rings is 1. The molecule has 1 aliphatic rings. The van der Waals surface area contributed by atoms with E-state index in [1.54, 1.807) is 12.0 Å². The summed E-state index contributed by atoms with van der Waals surface area (Å²) in [5.41, 5.74) is 5.89. The van der Waals surface area contributed by atoms with Crippen LogP contribution in [0.25, 0.3) is 0 Å². The van der Waals surface area contributed by atoms with E-state index in [1.165, 1.54) is 18.2 Å². The number of anilines is 1. The maximum absolute atomic E-state index is 13.1. The fraction of sp³-hybridized carbons (Fsp3) is 0.462. The van der Waals surface area contributed by atoms with Gasteiger partial charge in [-0.3, -0.25) is 4.79 Å². The highest BCUT2D eigenvalue weighted by molar-refractivity contribution is 5.95. The lowest BCUT2D eigenvalue weighted by Crippen LogP contribution is -2.42. The third kappa shape index (κ3) is 2.61. The molecule has 1 unspecified atom stereocenters. The average Bonchev–Trinajstić information content (AvgIpc) is 2.41. The maximum atomic E-state index is 13.1. The van der Waals surface area contributed by atoms with Crippen LogP contribution in [-0.2, 0) is 4.74 Å². The first kappa shape index (κ1) is 12.8. The number of nitrogen functional groups attached to an aromatic ring is 1. The van der Waals surface area contributed by atoms with Crippen LogP contribution < -0.4 is 5.73 Å². The van der Waals surface area contributed by atoms with Crippen molar-refractivity contribution in [2.75, 3.05) is 25.9 Å². The molecule has 0 saturated carbocycles. The summed E-state index contributed by atoms with van der Waals surface area (Å²) in [4.78, 5) is 13.9. The Balaban J connectivity index is 2.12. The van der Waals surface area contributed by atoms with Gasteiger partial charge in [-0.2, -0.15) is 0 Å². The summed E-state index contributed by atoms with van der Waals surface area (Å²) in [6.45, 7) is 1.28. The molecule has 2 N–H and O–H groups in total. The highest BCUT2D eigenvalue weighted by Crippen LogP contribution is 2.18. The predicted molar refractivity (Wildman–Crippen MR) is 66.7 cm³/mol. The van der Waals surface area contributed by atoms with E-state index in [9.17, 15) is 9.18 Å². The molecule has 1 aromatic carbocycles. The first-order chi connectivity index (χ1) is 8.61. The average molecular weight is 252 g/mol. The van der Waals surface area contributed by atoms with Crippen LogP contribution in [0.4, 0.5) is 10.1 Å². The number of ether oxygens (including phenoxy) is 1. The van der Waals surface area contributed by atoms with Crippen molar-refractivity contribution in [3.8, 4) is 0 Å². The van der Waals surface area contributed by atoms with Crippen LogP contribution in [0.5, 0.6) is 0 Å². The van der Waals surface area contributed by atoms with Crippen LogP contribution >= 0.6 is 0 Å². The summed E-state index contributed by atoms with van der Waals surface area (Å²) in [6.07, 6.45) is 1.97. The number of nitrogens with two attached hydrogens (primary N) is 1. The number of hydrogen-bond donors (Lipinski definition) is 1. The second kappa shape index (κ2) is 5.35. The summed E-state index contributed by atoms with van der Waals surface area (Å²) in [7, 11) is 1.65. The van der Waals surface area contributed by atoms with E-state index in [4.69, 9.17) is 10.5 Å². The van der Waals surface area contributed by atoms with Gasteiger partial charge >= 0.3 is 0 Å². The second-order valence-electron chi connectivity index (χ2n) is 4.49. The van der Waals surface area contributed by atoms with Crippen molar-refractivity contribution in [2.45, 2.75) is 18.9 Å². The van der Waals surface area contributed by atoms with Crippen LogP contribution in [0, 0.1) is 5.82 Å². The Morgan fingerprint density at radius 3 is 3.00 bits per heavy atom. The van der Waals surface area contributed by atoms with Gasteiger partial charge < -0.3 is 15.4 Å². The molecule has 0 radical (unpaired) electrons. The zero-order chi connectivity index (χ0) is 13.1. The molecule has 1 fully saturated rings. The number of benzene rings is 1. The summed E-state index contributed by atoms with van der Waals surface area (Å²) in [6, 6.07) is 4.07. The minimum absolute atomic E-state index is 0.00107. The summed E-state index contributed by atoms with van der Waals surface area (Å²) < 4.78 is 18.3. The zero-order valence-corrected chi connectivity index (χ0v) is 10.4. The fourth-order valence-corrected chi connectivity index (χ4v) is 2.17. The Labute approximate surface area is 106 Å². The number of nitrogens with zero attached hydrogens (tertiary/aromatic N) is 1. The molecule has 1 saturated heterocycles. The monoisotopic (exact) mass is 252 g/mol. The number of likely N-dealkylation sites (tertiary alicyclic amines) is 1. The Morgan fingerprint density at radius 2 is 2.33 bits per heavy atom. The Kier molecular flexibility index (Phi) is 3.81. The van der Waals surface area contributed by atoms with Gasteiger partial charge in [-0.15, -0.1) is 0 Å². The molecular formula is C13H17FN2O2. The third-order valence-corrected chi connectivity index (χ3v) is 3.24. The number of carbonyl (C=O) groups is 1. The van der Waals surface area contributed by atoms with Crippen molar-refractivity contribution < 1.29 is 13.9 Å². The molecule has 1 amide bonds. The molecule has 2 rings (SSSR count). The number of rotatable bonds is 2. The molecule has 0 aromatic heterocycles. The Bertz CT molecular complexity index is 451. The highest BCUT2D eigenvalue weighted by Gasteiger charge is 2.24. The molecule has 1 atom stereocenters. The van der Waals surface area contributed by atoms with Gasteiger partial charge in [-0.25, -0.2) is 4.39 Å². The van der Waals surface area contributed by atoms with Gasteiger partial charge in [0.15, 0.2) is 0 Å². The fourth-order valence-electron chi connectivity index (χ4n) is 2.17. The van der Waals surface area contributed by atoms with Crippen molar-refractivity contribution >= 4 is 11.6 Å². The zero-order valence-electron chi connectivity index (χ0n) is 10.4. The van der Waals surface area contributed by atoms with Gasteiger partial charge in [0.05, 0.1) is 11.8 Å². The molecule has 0 aliphatic carbocycles. The van der Waals surface area contributed by atoms with Crippen molar-refractivity contribution in [1.82, 2.24) is 4.90 Å². The number of amides is 1. The van der Waals surface area contributed by atoms with Gasteiger partial charge in [-0.1, -0.05) is 0 Å². The number of halogens is 1. The lowest BCUT2D eigenvalue weighted by atomic mass is 10.1. The van der Waals surface area contributed by atoms with E-state index in [0.717, 1.165) is 12.8 Å². The first-order valence-corrected chi connectivity index (χ1v) is 5.99. The third-order valence-electron chi connectivity index (χ3n) is 3.24. The number of hydrogen-bond acceptors (Lipinski definition) is 3. The van der Waals surface area contributed by atoms with Crippen LogP contribution in [0.3, 0.4) is 0 Å². The number of carbonyl (C=O) groups excluding carboxylic acids is 1. The molecule has 1 aromatic rings. The maximum Gasteiger partial charge on any atom is 0.254 e. The van der Waals surface area contributed by atoms with Crippen molar-refractivity contribution in [3.63, 3.8) is 0 Å². The van der Waals surface area contributed by atoms with Gasteiger partial charge in [0, 0.05) is 25.8 Å². The van der Waals surface area contributed by atoms with Gasteiger partial charge in [0.1, 0.15) is 5.82 Å². The Hall–Kier alpha value is -1.62. The largest absolute Gasteiger partial charge is 0.396 e. The normalized spacial score (nSPS) is 19.9. The minimum atomic E-state index is -0.500. The van der Waals surface area contributed by atoms with E-state index in [2.05, 4.69) is 0 Å². The molecule has 98 valence electrons. The first-order valence-electron chi connectivity index (χ1n) is 5.99. The van der Waals surface area contributed by atoms with Crippen molar-refractivity contribution in [2.24, 2.45) is 0 Å². The molecule has 18 heavy (non-hydrogen) atoms. The molecule has 0 spiro atoms. The molecule has 5 heteroatoms. The molecule has 1 aliphatic heterocycles. The van der Waals surface area contributed by atoms with Crippen LogP contribution in [0.2, 0.25) is 0 Å². The highest BCUT2D eigenvalue weighted by atomic mass is 19.1. The van der Waals surface area contributed by atoms with E-state index in [-0.39, 0.29) is 17.7 Å². The number of methoxy groups -OCH3 is 1. The van der Waals surface area contributed by atoms with E-state index < -0.39 is 5.82 Å². The van der Waals surface area contributed by atoms with Crippen LogP contribution in [0.1, 0.15) is 23.2 Å². The molecule has 1 heterocycles. The quantitative estimate of drug-likeness (QED) is 0.814. The standard InChI is InChI=1S/C13H17FN2O2/c1-18-10-3-2-6-16(8-10)13(17)9-4-5-11(14)12(15)7-9/h4-5,7,10H,2-3,6,8,15H2,1H3. The van der Waals surface area contributed by atoms with Crippen LogP contribution in [-0.4, -0.2) is 37.1 Å².